The van der Waals surface area contributed by atoms with Crippen LogP contribution in [-0.2, 0) is 4.79 Å². The largest absolute Gasteiger partial charge is 0.489 e. The molecule has 0 aromatic heterocycles. The molecule has 1 aromatic rings. The molecule has 1 rings (SSSR count). The fraction of sp³-hybridized carbons (Fsp3) is 0.267. The molecule has 0 spiro atoms. The van der Waals surface area contributed by atoms with Crippen LogP contribution in [-0.4, -0.2) is 17.7 Å². The van der Waals surface area contributed by atoms with Gasteiger partial charge in [-0.05, 0) is 45.1 Å². The number of carboxylic acid groups (broad SMARTS) is 1. The quantitative estimate of drug-likeness (QED) is 0.639. The van der Waals surface area contributed by atoms with Gasteiger partial charge in [-0.1, -0.05) is 17.2 Å². The third kappa shape index (κ3) is 4.87. The third-order valence-electron chi connectivity index (χ3n) is 2.30. The van der Waals surface area contributed by atoms with Crippen molar-refractivity contribution in [2.24, 2.45) is 0 Å². The molecule has 0 unspecified atom stereocenters. The summed E-state index contributed by atoms with van der Waals surface area (Å²) in [5.41, 5.74) is 3.03. The zero-order valence-corrected chi connectivity index (χ0v) is 10.9. The van der Waals surface area contributed by atoms with E-state index in [1.807, 2.05) is 45.0 Å². The number of carboxylic acids is 1. The van der Waals surface area contributed by atoms with E-state index in [9.17, 15) is 4.79 Å². The minimum atomic E-state index is -0.966. The molecule has 0 saturated heterocycles. The molecule has 0 aliphatic rings. The van der Waals surface area contributed by atoms with Crippen LogP contribution in [0.4, 0.5) is 0 Å². The molecule has 1 N–H and O–H groups in total. The number of hydrogen-bond donors (Lipinski definition) is 1. The molecule has 1 aromatic carbocycles. The van der Waals surface area contributed by atoms with Crippen molar-refractivity contribution in [3.63, 3.8) is 0 Å². The van der Waals surface area contributed by atoms with Crippen molar-refractivity contribution in [1.82, 2.24) is 0 Å². The van der Waals surface area contributed by atoms with Gasteiger partial charge in [0, 0.05) is 11.6 Å². The molecule has 0 amide bonds. The van der Waals surface area contributed by atoms with Gasteiger partial charge in [-0.2, -0.15) is 0 Å². The Kier molecular flexibility index (Phi) is 5.18. The molecule has 0 radical (unpaired) electrons. The summed E-state index contributed by atoms with van der Waals surface area (Å²) in [6.07, 6.45) is 4.64. The van der Waals surface area contributed by atoms with E-state index in [1.54, 1.807) is 6.08 Å². The fourth-order valence-corrected chi connectivity index (χ4v) is 1.39. The Morgan fingerprint density at radius 3 is 2.72 bits per heavy atom. The molecule has 3 heteroatoms. The van der Waals surface area contributed by atoms with Crippen molar-refractivity contribution in [2.75, 3.05) is 6.61 Å². The molecule has 3 nitrogen and oxygen atoms in total. The van der Waals surface area contributed by atoms with Crippen molar-refractivity contribution in [1.29, 1.82) is 0 Å². The van der Waals surface area contributed by atoms with Crippen LogP contribution in [0.5, 0.6) is 5.75 Å². The summed E-state index contributed by atoms with van der Waals surface area (Å²) in [7, 11) is 0. The standard InChI is InChI=1S/C15H18O3/c1-11(2)8-9-18-14-6-4-12(3)10-13(14)5-7-15(16)17/h4-8,10H,9H2,1-3H3,(H,16,17). The van der Waals surface area contributed by atoms with E-state index in [2.05, 4.69) is 0 Å². The van der Waals surface area contributed by atoms with Gasteiger partial charge in [-0.15, -0.1) is 0 Å². The van der Waals surface area contributed by atoms with Crippen LogP contribution in [0.1, 0.15) is 25.0 Å². The number of benzene rings is 1. The van der Waals surface area contributed by atoms with Crippen LogP contribution in [0.3, 0.4) is 0 Å². The van der Waals surface area contributed by atoms with E-state index in [4.69, 9.17) is 9.84 Å². The van der Waals surface area contributed by atoms with Crippen molar-refractivity contribution in [2.45, 2.75) is 20.8 Å². The number of ether oxygens (including phenoxy) is 1. The highest BCUT2D eigenvalue weighted by molar-refractivity contribution is 5.85. The van der Waals surface area contributed by atoms with Gasteiger partial charge in [-0.3, -0.25) is 0 Å². The fourth-order valence-electron chi connectivity index (χ4n) is 1.39. The molecular weight excluding hydrogens is 228 g/mol. The zero-order valence-electron chi connectivity index (χ0n) is 10.9. The highest BCUT2D eigenvalue weighted by Gasteiger charge is 2.01. The molecule has 0 saturated carbocycles. The Labute approximate surface area is 107 Å². The summed E-state index contributed by atoms with van der Waals surface area (Å²) in [4.78, 5) is 10.5. The van der Waals surface area contributed by atoms with Crippen molar-refractivity contribution in [3.05, 3.63) is 47.1 Å². The van der Waals surface area contributed by atoms with Gasteiger partial charge in [0.05, 0.1) is 0 Å². The maximum Gasteiger partial charge on any atom is 0.328 e. The van der Waals surface area contributed by atoms with Crippen molar-refractivity contribution < 1.29 is 14.6 Å². The molecule has 0 bridgehead atoms. The van der Waals surface area contributed by atoms with Crippen LogP contribution in [0.25, 0.3) is 6.08 Å². The molecule has 0 aliphatic heterocycles. The van der Waals surface area contributed by atoms with Crippen LogP contribution < -0.4 is 4.74 Å². The van der Waals surface area contributed by atoms with Gasteiger partial charge < -0.3 is 9.84 Å². The monoisotopic (exact) mass is 246 g/mol. The van der Waals surface area contributed by atoms with Gasteiger partial charge >= 0.3 is 5.97 Å². The van der Waals surface area contributed by atoms with Crippen LogP contribution >= 0.6 is 0 Å². The van der Waals surface area contributed by atoms with Gasteiger partial charge in [0.25, 0.3) is 0 Å². The number of carbonyl (C=O) groups is 1. The summed E-state index contributed by atoms with van der Waals surface area (Å²) in [5.74, 6) is -0.276. The van der Waals surface area contributed by atoms with E-state index in [1.165, 1.54) is 5.57 Å². The summed E-state index contributed by atoms with van der Waals surface area (Å²) in [6.45, 7) is 6.45. The lowest BCUT2D eigenvalue weighted by atomic mass is 10.1. The second-order valence-corrected chi connectivity index (χ2v) is 4.31. The average molecular weight is 246 g/mol. The molecule has 18 heavy (non-hydrogen) atoms. The van der Waals surface area contributed by atoms with Gasteiger partial charge in [-0.25, -0.2) is 4.79 Å². The minimum Gasteiger partial charge on any atom is -0.489 e. The first kappa shape index (κ1) is 14.0. The van der Waals surface area contributed by atoms with Crippen LogP contribution in [0.15, 0.2) is 35.9 Å². The van der Waals surface area contributed by atoms with Gasteiger partial charge in [0.2, 0.25) is 0 Å². The topological polar surface area (TPSA) is 46.5 Å². The lowest BCUT2D eigenvalue weighted by Gasteiger charge is -2.08. The summed E-state index contributed by atoms with van der Waals surface area (Å²) in [6, 6.07) is 5.70. The highest BCUT2D eigenvalue weighted by atomic mass is 16.5. The van der Waals surface area contributed by atoms with E-state index in [0.717, 1.165) is 17.2 Å². The van der Waals surface area contributed by atoms with Crippen LogP contribution in [0, 0.1) is 6.92 Å². The Morgan fingerprint density at radius 2 is 2.11 bits per heavy atom. The van der Waals surface area contributed by atoms with E-state index >= 15 is 0 Å². The number of allylic oxidation sites excluding steroid dienone is 1. The van der Waals surface area contributed by atoms with E-state index < -0.39 is 5.97 Å². The third-order valence-corrected chi connectivity index (χ3v) is 2.30. The maximum atomic E-state index is 10.5. The second kappa shape index (κ2) is 6.64. The molecular formula is C15H18O3. The Balaban J connectivity index is 2.89. The second-order valence-electron chi connectivity index (χ2n) is 4.31. The van der Waals surface area contributed by atoms with E-state index in [-0.39, 0.29) is 0 Å². The number of hydrogen-bond acceptors (Lipinski definition) is 2. The highest BCUT2D eigenvalue weighted by Crippen LogP contribution is 2.21. The molecule has 0 atom stereocenters. The molecule has 0 fully saturated rings. The lowest BCUT2D eigenvalue weighted by molar-refractivity contribution is -0.131. The molecule has 0 aliphatic carbocycles. The lowest BCUT2D eigenvalue weighted by Crippen LogP contribution is -1.97. The number of aliphatic carboxylic acids is 1. The molecule has 0 heterocycles. The minimum absolute atomic E-state index is 0.485. The number of rotatable bonds is 5. The Bertz CT molecular complexity index is 481. The predicted molar refractivity (Wildman–Crippen MR) is 72.8 cm³/mol. The van der Waals surface area contributed by atoms with Crippen molar-refractivity contribution >= 4 is 12.0 Å². The first-order chi connectivity index (χ1) is 8.49. The Morgan fingerprint density at radius 1 is 1.39 bits per heavy atom. The normalized spacial score (nSPS) is 10.4. The smallest absolute Gasteiger partial charge is 0.328 e. The predicted octanol–water partition coefficient (Wildman–Crippen LogP) is 3.44. The van der Waals surface area contributed by atoms with E-state index in [0.29, 0.717) is 12.4 Å². The first-order valence-electron chi connectivity index (χ1n) is 5.77. The summed E-state index contributed by atoms with van der Waals surface area (Å²) in [5, 5.41) is 8.65. The number of aryl methyl sites for hydroxylation is 1. The average Bonchev–Trinajstić information content (AvgIpc) is 2.28. The Hall–Kier alpha value is -2.03. The summed E-state index contributed by atoms with van der Waals surface area (Å²) < 4.78 is 5.61. The van der Waals surface area contributed by atoms with Crippen LogP contribution in [0.2, 0.25) is 0 Å². The first-order valence-corrected chi connectivity index (χ1v) is 5.77. The zero-order chi connectivity index (χ0) is 13.5. The summed E-state index contributed by atoms with van der Waals surface area (Å²) >= 11 is 0. The SMILES string of the molecule is CC(C)=CCOc1ccc(C)cc1C=CC(=O)O. The van der Waals surface area contributed by atoms with Gasteiger partial charge in [0.15, 0.2) is 0 Å². The van der Waals surface area contributed by atoms with Gasteiger partial charge in [0.1, 0.15) is 12.4 Å². The molecule has 96 valence electrons. The maximum absolute atomic E-state index is 10.5. The van der Waals surface area contributed by atoms with Crippen molar-refractivity contribution in [3.8, 4) is 5.75 Å².